The van der Waals surface area contributed by atoms with Crippen LogP contribution in [0.5, 0.6) is 0 Å². The molecule has 3 heterocycles. The lowest BCUT2D eigenvalue weighted by atomic mass is 9.94. The smallest absolute Gasteiger partial charge is 0.101 e. The lowest BCUT2D eigenvalue weighted by Crippen LogP contribution is -1.96. The monoisotopic (exact) mass is 701 g/mol. The fourth-order valence-corrected chi connectivity index (χ4v) is 7.68. The van der Waals surface area contributed by atoms with Gasteiger partial charge in [0.25, 0.3) is 0 Å². The highest BCUT2D eigenvalue weighted by molar-refractivity contribution is 6.09. The van der Waals surface area contributed by atoms with Crippen LogP contribution in [-0.4, -0.2) is 14.6 Å². The molecule has 0 aliphatic heterocycles. The number of aromatic nitrogens is 3. The van der Waals surface area contributed by atoms with Crippen molar-refractivity contribution in [1.29, 1.82) is 0 Å². The van der Waals surface area contributed by atoms with Gasteiger partial charge in [-0.05, 0) is 57.5 Å². The maximum Gasteiger partial charge on any atom is 0.101 e. The fraction of sp³-hybridized carbons (Fsp3) is 0. The van der Waals surface area contributed by atoms with Crippen LogP contribution in [0.1, 0.15) is 0 Å². The first-order chi connectivity index (χ1) is 27.3. The molecule has 0 amide bonds. The van der Waals surface area contributed by atoms with Gasteiger partial charge in [0, 0.05) is 33.2 Å². The number of hydrogen-bond donors (Lipinski definition) is 0. The molecule has 0 aliphatic rings. The predicted molar refractivity (Wildman–Crippen MR) is 229 cm³/mol. The van der Waals surface area contributed by atoms with Crippen molar-refractivity contribution >= 4 is 16.3 Å². The van der Waals surface area contributed by atoms with Crippen LogP contribution in [0.2, 0.25) is 0 Å². The van der Waals surface area contributed by atoms with E-state index in [0.717, 1.165) is 83.6 Å². The van der Waals surface area contributed by atoms with Gasteiger partial charge in [-0.25, -0.2) is 9.50 Å². The second kappa shape index (κ2) is 13.9. The molecule has 0 aliphatic carbocycles. The molecular formula is C52H35N3. The van der Waals surface area contributed by atoms with Crippen LogP contribution in [0.4, 0.5) is 0 Å². The molecule has 3 nitrogen and oxygen atoms in total. The Morgan fingerprint density at radius 1 is 0.327 bits per heavy atom. The predicted octanol–water partition coefficient (Wildman–Crippen LogP) is 13.6. The zero-order chi connectivity index (χ0) is 36.6. The van der Waals surface area contributed by atoms with Crippen LogP contribution in [0.15, 0.2) is 212 Å². The molecule has 7 aromatic carbocycles. The van der Waals surface area contributed by atoms with E-state index >= 15 is 0 Å². The molecule has 3 aromatic heterocycles. The van der Waals surface area contributed by atoms with Gasteiger partial charge in [-0.15, -0.1) is 0 Å². The number of nitrogens with zero attached hydrogens (tertiary/aromatic N) is 3. The molecule has 0 atom stereocenters. The van der Waals surface area contributed by atoms with E-state index in [4.69, 9.17) is 10.1 Å². The maximum atomic E-state index is 5.39. The SMILES string of the molecule is c1ccc(-c2ccc(-c3cc(-c4ccc5c(c4)cc(-c4ccccc4)n4nc(-c6ccccc6)c(-c6ccccc6)c54)cc(-c4ccccc4)n3)cc2)cc1. The molecule has 0 spiro atoms. The normalized spacial score (nSPS) is 11.3. The minimum atomic E-state index is 0.936. The highest BCUT2D eigenvalue weighted by atomic mass is 15.2. The molecule has 0 fully saturated rings. The Balaban J connectivity index is 1.20. The van der Waals surface area contributed by atoms with Gasteiger partial charge in [-0.2, -0.15) is 5.10 Å². The fourth-order valence-electron chi connectivity index (χ4n) is 7.68. The summed E-state index contributed by atoms with van der Waals surface area (Å²) in [4.78, 5) is 5.22. The van der Waals surface area contributed by atoms with Crippen molar-refractivity contribution in [3.8, 4) is 78.4 Å². The molecule has 10 rings (SSSR count). The van der Waals surface area contributed by atoms with Crippen molar-refractivity contribution in [3.63, 3.8) is 0 Å². The van der Waals surface area contributed by atoms with Crippen molar-refractivity contribution in [3.05, 3.63) is 212 Å². The molecule has 0 radical (unpaired) electrons. The standard InChI is InChI=1S/C52H35N3/c1-6-16-36(17-7-1)37-26-28-39(29-27-37)48-34-44(33-47(53-48)38-18-8-2-9-19-38)43-30-31-46-45(32-43)35-49(40-20-10-3-11-21-40)55-52(46)50(41-22-12-4-13-23-41)51(54-55)42-24-14-5-15-25-42/h1-35H. The van der Waals surface area contributed by atoms with Crippen molar-refractivity contribution in [2.24, 2.45) is 0 Å². The zero-order valence-electron chi connectivity index (χ0n) is 30.0. The summed E-state index contributed by atoms with van der Waals surface area (Å²) in [5.74, 6) is 0. The first-order valence-electron chi connectivity index (χ1n) is 18.7. The first kappa shape index (κ1) is 32.3. The topological polar surface area (TPSA) is 30.2 Å². The minimum Gasteiger partial charge on any atom is -0.248 e. The van der Waals surface area contributed by atoms with Crippen molar-refractivity contribution in [1.82, 2.24) is 14.6 Å². The summed E-state index contributed by atoms with van der Waals surface area (Å²) in [5, 5.41) is 7.68. The first-order valence-corrected chi connectivity index (χ1v) is 18.7. The number of benzene rings is 7. The third kappa shape index (κ3) is 6.08. The van der Waals surface area contributed by atoms with Crippen LogP contribution in [0.3, 0.4) is 0 Å². The average Bonchev–Trinajstić information content (AvgIpc) is 3.68. The Kier molecular flexibility index (Phi) is 8.16. The number of fused-ring (bicyclic) bond motifs is 3. The molecule has 10 aromatic rings. The summed E-state index contributed by atoms with van der Waals surface area (Å²) >= 11 is 0. The summed E-state index contributed by atoms with van der Waals surface area (Å²) in [7, 11) is 0. The summed E-state index contributed by atoms with van der Waals surface area (Å²) in [6.07, 6.45) is 0. The maximum absolute atomic E-state index is 5.39. The van der Waals surface area contributed by atoms with E-state index in [9.17, 15) is 0 Å². The molecule has 0 N–H and O–H groups in total. The summed E-state index contributed by atoms with van der Waals surface area (Å²) in [6, 6.07) is 75.1. The molecule has 55 heavy (non-hydrogen) atoms. The minimum absolute atomic E-state index is 0.936. The highest BCUT2D eigenvalue weighted by Crippen LogP contribution is 2.42. The van der Waals surface area contributed by atoms with Gasteiger partial charge in [0.15, 0.2) is 0 Å². The van der Waals surface area contributed by atoms with E-state index in [1.165, 1.54) is 11.1 Å². The highest BCUT2D eigenvalue weighted by Gasteiger charge is 2.22. The number of pyridine rings is 2. The quantitative estimate of drug-likeness (QED) is 0.166. The van der Waals surface area contributed by atoms with Gasteiger partial charge in [0.1, 0.15) is 5.69 Å². The molecular weight excluding hydrogens is 667 g/mol. The molecule has 0 unspecified atom stereocenters. The summed E-state index contributed by atoms with van der Waals surface area (Å²) in [6.45, 7) is 0. The van der Waals surface area contributed by atoms with Crippen molar-refractivity contribution < 1.29 is 0 Å². The van der Waals surface area contributed by atoms with Crippen LogP contribution in [0.25, 0.3) is 94.7 Å². The van der Waals surface area contributed by atoms with Crippen molar-refractivity contribution in [2.75, 3.05) is 0 Å². The Hall–Kier alpha value is -7.36. The molecule has 0 saturated heterocycles. The largest absolute Gasteiger partial charge is 0.248 e. The summed E-state index contributed by atoms with van der Waals surface area (Å²) in [5.41, 5.74) is 16.2. The molecule has 0 saturated carbocycles. The van der Waals surface area contributed by atoms with Gasteiger partial charge in [-0.3, -0.25) is 0 Å². The van der Waals surface area contributed by atoms with E-state index in [1.807, 2.05) is 6.07 Å². The van der Waals surface area contributed by atoms with E-state index < -0.39 is 0 Å². The van der Waals surface area contributed by atoms with Gasteiger partial charge < -0.3 is 0 Å². The third-order valence-corrected chi connectivity index (χ3v) is 10.4. The van der Waals surface area contributed by atoms with Crippen LogP contribution in [-0.2, 0) is 0 Å². The Labute approximate surface area is 320 Å². The molecule has 0 bridgehead atoms. The Morgan fingerprint density at radius 3 is 1.38 bits per heavy atom. The molecule has 258 valence electrons. The lowest BCUT2D eigenvalue weighted by molar-refractivity contribution is 0.979. The van der Waals surface area contributed by atoms with Gasteiger partial charge >= 0.3 is 0 Å². The van der Waals surface area contributed by atoms with Crippen molar-refractivity contribution in [2.45, 2.75) is 0 Å². The van der Waals surface area contributed by atoms with Crippen LogP contribution < -0.4 is 0 Å². The van der Waals surface area contributed by atoms with Crippen LogP contribution >= 0.6 is 0 Å². The van der Waals surface area contributed by atoms with E-state index in [1.54, 1.807) is 0 Å². The molecule has 3 heteroatoms. The third-order valence-electron chi connectivity index (χ3n) is 10.4. The second-order valence-corrected chi connectivity index (χ2v) is 13.8. The second-order valence-electron chi connectivity index (χ2n) is 13.8. The number of hydrogen-bond acceptors (Lipinski definition) is 2. The lowest BCUT2D eigenvalue weighted by Gasteiger charge is -2.14. The van der Waals surface area contributed by atoms with Gasteiger partial charge in [-0.1, -0.05) is 188 Å². The Morgan fingerprint density at radius 2 is 0.782 bits per heavy atom. The van der Waals surface area contributed by atoms with E-state index in [0.29, 0.717) is 0 Å². The Bertz CT molecular complexity index is 2920. The van der Waals surface area contributed by atoms with Gasteiger partial charge in [0.05, 0.1) is 22.6 Å². The number of rotatable bonds is 7. The average molecular weight is 702 g/mol. The van der Waals surface area contributed by atoms with E-state index in [-0.39, 0.29) is 0 Å². The van der Waals surface area contributed by atoms with Gasteiger partial charge in [0.2, 0.25) is 0 Å². The zero-order valence-corrected chi connectivity index (χ0v) is 30.0. The van der Waals surface area contributed by atoms with Crippen LogP contribution in [0, 0.1) is 0 Å². The van der Waals surface area contributed by atoms with E-state index in [2.05, 4.69) is 211 Å². The summed E-state index contributed by atoms with van der Waals surface area (Å²) < 4.78 is 2.15.